The third kappa shape index (κ3) is 2.74. The number of nitrogens with zero attached hydrogens (tertiary/aromatic N) is 1. The molecule has 0 heterocycles. The van der Waals surface area contributed by atoms with Crippen molar-refractivity contribution in [1.82, 2.24) is 0 Å². The Bertz CT molecular complexity index is 721. The van der Waals surface area contributed by atoms with E-state index in [2.05, 4.69) is 0 Å². The highest BCUT2D eigenvalue weighted by Crippen LogP contribution is 2.32. The van der Waals surface area contributed by atoms with Gasteiger partial charge in [-0.3, -0.25) is 0 Å². The molecule has 4 heteroatoms. The molecule has 0 amide bonds. The minimum Gasteiger partial charge on any atom is -0.489 e. The first-order valence-corrected chi connectivity index (χ1v) is 6.87. The van der Waals surface area contributed by atoms with Crippen LogP contribution in [0, 0.1) is 17.1 Å². The number of benzene rings is 2. The molecule has 0 bridgehead atoms. The summed E-state index contributed by atoms with van der Waals surface area (Å²) in [5.41, 5.74) is 9.12. The molecule has 0 radical (unpaired) electrons. The van der Waals surface area contributed by atoms with Gasteiger partial charge in [0, 0.05) is 11.6 Å². The van der Waals surface area contributed by atoms with Crippen LogP contribution in [0.15, 0.2) is 36.4 Å². The number of hydrogen-bond acceptors (Lipinski definition) is 3. The second-order valence-electron chi connectivity index (χ2n) is 5.21. The monoisotopic (exact) mass is 282 g/mol. The summed E-state index contributed by atoms with van der Waals surface area (Å²) in [6.07, 6.45) is 1.92. The van der Waals surface area contributed by atoms with Crippen LogP contribution in [0.5, 0.6) is 5.75 Å². The highest BCUT2D eigenvalue weighted by atomic mass is 19.1. The maximum Gasteiger partial charge on any atom is 0.131 e. The van der Waals surface area contributed by atoms with Gasteiger partial charge in [0.2, 0.25) is 0 Å². The van der Waals surface area contributed by atoms with Gasteiger partial charge < -0.3 is 10.5 Å². The molecule has 3 nitrogen and oxygen atoms in total. The molecule has 2 aromatic rings. The van der Waals surface area contributed by atoms with Crippen LogP contribution in [0.3, 0.4) is 0 Å². The first-order chi connectivity index (χ1) is 10.2. The predicted molar refractivity (Wildman–Crippen MR) is 77.1 cm³/mol. The van der Waals surface area contributed by atoms with E-state index in [1.807, 2.05) is 24.3 Å². The fraction of sp³-hybridized carbons (Fsp3) is 0.235. The van der Waals surface area contributed by atoms with Crippen LogP contribution in [-0.4, -0.2) is 0 Å². The summed E-state index contributed by atoms with van der Waals surface area (Å²) in [6.45, 7) is 0.141. The molecule has 0 saturated heterocycles. The lowest BCUT2D eigenvalue weighted by Crippen LogP contribution is -2.05. The van der Waals surface area contributed by atoms with Crippen LogP contribution < -0.4 is 10.5 Å². The van der Waals surface area contributed by atoms with E-state index < -0.39 is 5.82 Å². The van der Waals surface area contributed by atoms with E-state index in [4.69, 9.17) is 15.7 Å². The lowest BCUT2D eigenvalue weighted by Gasteiger charge is -2.10. The summed E-state index contributed by atoms with van der Waals surface area (Å²) in [4.78, 5) is 0. The molecule has 1 aliphatic rings. The van der Waals surface area contributed by atoms with Crippen LogP contribution in [0.4, 0.5) is 4.39 Å². The fourth-order valence-electron chi connectivity index (χ4n) is 2.61. The normalized spacial score (nSPS) is 16.3. The lowest BCUT2D eigenvalue weighted by atomic mass is 10.1. The van der Waals surface area contributed by atoms with Gasteiger partial charge >= 0.3 is 0 Å². The maximum absolute atomic E-state index is 13.8. The zero-order valence-corrected chi connectivity index (χ0v) is 11.5. The Balaban J connectivity index is 1.72. The molecule has 21 heavy (non-hydrogen) atoms. The summed E-state index contributed by atoms with van der Waals surface area (Å²) < 4.78 is 19.4. The lowest BCUT2D eigenvalue weighted by molar-refractivity contribution is 0.299. The van der Waals surface area contributed by atoms with Gasteiger partial charge in [0.15, 0.2) is 0 Å². The summed E-state index contributed by atoms with van der Waals surface area (Å²) in [6, 6.07) is 12.2. The van der Waals surface area contributed by atoms with Gasteiger partial charge in [-0.15, -0.1) is 0 Å². The standard InChI is InChI=1S/C17H15FN2O/c18-16-7-11(9-19)1-2-13(16)10-21-14-4-5-15-12(8-14)3-6-17(15)20/h1-2,4-5,7-8,17H,3,6,10,20H2. The SMILES string of the molecule is N#Cc1ccc(COc2ccc3c(c2)CCC3N)c(F)c1. The molecule has 0 saturated carbocycles. The number of rotatable bonds is 3. The highest BCUT2D eigenvalue weighted by molar-refractivity contribution is 5.40. The van der Waals surface area contributed by atoms with E-state index >= 15 is 0 Å². The summed E-state index contributed by atoms with van der Waals surface area (Å²) in [5.74, 6) is 0.295. The van der Waals surface area contributed by atoms with Crippen LogP contribution in [-0.2, 0) is 13.0 Å². The largest absolute Gasteiger partial charge is 0.489 e. The molecule has 1 atom stereocenters. The number of nitrogens with two attached hydrogens (primary N) is 1. The van der Waals surface area contributed by atoms with Crippen molar-refractivity contribution in [1.29, 1.82) is 5.26 Å². The third-order valence-corrected chi connectivity index (χ3v) is 3.82. The first-order valence-electron chi connectivity index (χ1n) is 6.87. The second-order valence-corrected chi connectivity index (χ2v) is 5.21. The average molecular weight is 282 g/mol. The van der Waals surface area contributed by atoms with Crippen molar-refractivity contribution in [2.24, 2.45) is 5.73 Å². The van der Waals surface area contributed by atoms with Crippen molar-refractivity contribution >= 4 is 0 Å². The van der Waals surface area contributed by atoms with Gasteiger partial charge in [-0.25, -0.2) is 4.39 Å². The molecule has 1 aliphatic carbocycles. The Morgan fingerprint density at radius 3 is 2.90 bits per heavy atom. The maximum atomic E-state index is 13.8. The van der Waals surface area contributed by atoms with Gasteiger partial charge in [-0.2, -0.15) is 5.26 Å². The van der Waals surface area contributed by atoms with Crippen molar-refractivity contribution in [2.45, 2.75) is 25.5 Å². The van der Waals surface area contributed by atoms with Gasteiger partial charge in [0.05, 0.1) is 11.6 Å². The number of fused-ring (bicyclic) bond motifs is 1. The van der Waals surface area contributed by atoms with Gasteiger partial charge in [0.25, 0.3) is 0 Å². The van der Waals surface area contributed by atoms with E-state index in [0.29, 0.717) is 16.9 Å². The molecule has 2 N–H and O–H groups in total. The number of ether oxygens (including phenoxy) is 1. The summed E-state index contributed by atoms with van der Waals surface area (Å²) in [5, 5.41) is 8.71. The summed E-state index contributed by atoms with van der Waals surface area (Å²) in [7, 11) is 0. The number of hydrogen-bond donors (Lipinski definition) is 1. The third-order valence-electron chi connectivity index (χ3n) is 3.82. The number of halogens is 1. The van der Waals surface area contributed by atoms with E-state index in [9.17, 15) is 4.39 Å². The molecule has 0 aromatic heterocycles. The Labute approximate surface area is 122 Å². The van der Waals surface area contributed by atoms with Crippen LogP contribution in [0.25, 0.3) is 0 Å². The molecular formula is C17H15FN2O. The van der Waals surface area contributed by atoms with E-state index in [1.165, 1.54) is 17.2 Å². The summed E-state index contributed by atoms with van der Waals surface area (Å²) >= 11 is 0. The van der Waals surface area contributed by atoms with Crippen molar-refractivity contribution < 1.29 is 9.13 Å². The minimum atomic E-state index is -0.419. The van der Waals surface area contributed by atoms with E-state index in [1.54, 1.807) is 12.1 Å². The minimum absolute atomic E-state index is 0.116. The van der Waals surface area contributed by atoms with Crippen molar-refractivity contribution in [3.8, 4) is 11.8 Å². The molecule has 0 fully saturated rings. The Morgan fingerprint density at radius 2 is 2.14 bits per heavy atom. The molecule has 106 valence electrons. The highest BCUT2D eigenvalue weighted by Gasteiger charge is 2.19. The second kappa shape index (κ2) is 5.55. The van der Waals surface area contributed by atoms with Gasteiger partial charge in [-0.1, -0.05) is 12.1 Å². The molecule has 0 aliphatic heterocycles. The van der Waals surface area contributed by atoms with Crippen molar-refractivity contribution in [3.63, 3.8) is 0 Å². The van der Waals surface area contributed by atoms with Crippen LogP contribution >= 0.6 is 0 Å². The zero-order valence-electron chi connectivity index (χ0n) is 11.5. The van der Waals surface area contributed by atoms with E-state index in [-0.39, 0.29) is 12.6 Å². The average Bonchev–Trinajstić information content (AvgIpc) is 2.87. The van der Waals surface area contributed by atoms with E-state index in [0.717, 1.165) is 12.8 Å². The molecule has 2 aromatic carbocycles. The first kappa shape index (κ1) is 13.6. The number of nitriles is 1. The van der Waals surface area contributed by atoms with Crippen molar-refractivity contribution in [2.75, 3.05) is 0 Å². The van der Waals surface area contributed by atoms with Crippen LogP contribution in [0.2, 0.25) is 0 Å². The Hall–Kier alpha value is -2.38. The molecular weight excluding hydrogens is 267 g/mol. The zero-order chi connectivity index (χ0) is 14.8. The number of aryl methyl sites for hydroxylation is 1. The fourth-order valence-corrected chi connectivity index (χ4v) is 2.61. The Kier molecular flexibility index (Phi) is 3.59. The van der Waals surface area contributed by atoms with Gasteiger partial charge in [0.1, 0.15) is 18.2 Å². The molecule has 1 unspecified atom stereocenters. The van der Waals surface area contributed by atoms with Crippen LogP contribution in [0.1, 0.15) is 34.7 Å². The predicted octanol–water partition coefficient (Wildman–Crippen LogP) is 3.22. The quantitative estimate of drug-likeness (QED) is 0.940. The molecule has 3 rings (SSSR count). The topological polar surface area (TPSA) is 59.0 Å². The Morgan fingerprint density at radius 1 is 1.29 bits per heavy atom. The smallest absolute Gasteiger partial charge is 0.131 e. The van der Waals surface area contributed by atoms with Crippen molar-refractivity contribution in [3.05, 3.63) is 64.5 Å². The van der Waals surface area contributed by atoms with Gasteiger partial charge in [-0.05, 0) is 48.2 Å². The molecule has 0 spiro atoms.